The van der Waals surface area contributed by atoms with Gasteiger partial charge in [-0.15, -0.1) is 11.3 Å². The third-order valence-corrected chi connectivity index (χ3v) is 6.93. The summed E-state index contributed by atoms with van der Waals surface area (Å²) in [4.78, 5) is 14.5. The van der Waals surface area contributed by atoms with E-state index in [4.69, 9.17) is 10.7 Å². The van der Waals surface area contributed by atoms with E-state index in [0.717, 1.165) is 55.0 Å². The predicted molar refractivity (Wildman–Crippen MR) is 120 cm³/mol. The van der Waals surface area contributed by atoms with Crippen LogP contribution in [0.4, 0.5) is 18.3 Å². The third kappa shape index (κ3) is 5.03. The highest BCUT2D eigenvalue weighted by molar-refractivity contribution is 7.26. The minimum absolute atomic E-state index is 0.261. The molecule has 3 aromatic heterocycles. The summed E-state index contributed by atoms with van der Waals surface area (Å²) in [5, 5.41) is 4.94. The number of pyridine rings is 1. The number of alkyl halides is 3. The first-order valence-electron chi connectivity index (χ1n) is 9.69. The van der Waals surface area contributed by atoms with Crippen molar-refractivity contribution in [2.24, 2.45) is 5.73 Å². The zero-order valence-corrected chi connectivity index (χ0v) is 18.2. The van der Waals surface area contributed by atoms with Gasteiger partial charge in [0.15, 0.2) is 5.13 Å². The van der Waals surface area contributed by atoms with Crippen molar-refractivity contribution >= 4 is 38.0 Å². The average Bonchev–Trinajstić information content (AvgIpc) is 3.35. The van der Waals surface area contributed by atoms with Crippen molar-refractivity contribution in [3.05, 3.63) is 59.5 Å². The van der Waals surface area contributed by atoms with Crippen LogP contribution in [0.25, 0.3) is 20.1 Å². The Hall–Kier alpha value is -2.56. The van der Waals surface area contributed by atoms with E-state index in [1.165, 1.54) is 23.5 Å². The maximum atomic E-state index is 12.7. The summed E-state index contributed by atoms with van der Waals surface area (Å²) in [6.07, 6.45) is 0.447. The SMILES string of the molecule is CCc1nc(NC[C@@H](N)Cc2ccc(C(F)(F)F)cc2)sc1-c1nc2ccncc2s1. The normalized spacial score (nSPS) is 12.9. The summed E-state index contributed by atoms with van der Waals surface area (Å²) in [5.41, 5.74) is 8.18. The van der Waals surface area contributed by atoms with Crippen molar-refractivity contribution in [3.63, 3.8) is 0 Å². The lowest BCUT2D eigenvalue weighted by Gasteiger charge is -2.13. The van der Waals surface area contributed by atoms with Gasteiger partial charge in [0, 0.05) is 25.0 Å². The molecule has 0 aliphatic rings. The number of aromatic nitrogens is 3. The Kier molecular flexibility index (Phi) is 6.22. The highest BCUT2D eigenvalue weighted by atomic mass is 32.1. The van der Waals surface area contributed by atoms with Crippen LogP contribution in [0.5, 0.6) is 0 Å². The van der Waals surface area contributed by atoms with E-state index < -0.39 is 11.7 Å². The van der Waals surface area contributed by atoms with Gasteiger partial charge in [-0.05, 0) is 36.6 Å². The molecule has 0 aliphatic heterocycles. The summed E-state index contributed by atoms with van der Waals surface area (Å²) in [5.74, 6) is 0. The van der Waals surface area contributed by atoms with Crippen molar-refractivity contribution in [2.75, 3.05) is 11.9 Å². The first-order chi connectivity index (χ1) is 14.8. The number of thiazole rings is 2. The van der Waals surface area contributed by atoms with Crippen molar-refractivity contribution in [1.82, 2.24) is 15.0 Å². The largest absolute Gasteiger partial charge is 0.416 e. The summed E-state index contributed by atoms with van der Waals surface area (Å²) in [6, 6.07) is 6.75. The van der Waals surface area contributed by atoms with Gasteiger partial charge in [0.1, 0.15) is 5.01 Å². The third-order valence-electron chi connectivity index (χ3n) is 4.71. The molecule has 1 aromatic carbocycles. The molecule has 3 heterocycles. The Morgan fingerprint density at radius 3 is 2.55 bits per heavy atom. The van der Waals surface area contributed by atoms with E-state index in [2.05, 4.69) is 15.3 Å². The minimum Gasteiger partial charge on any atom is -0.360 e. The molecule has 3 N–H and O–H groups in total. The minimum atomic E-state index is -4.33. The van der Waals surface area contributed by atoms with Gasteiger partial charge in [-0.25, -0.2) is 9.97 Å². The van der Waals surface area contributed by atoms with E-state index in [-0.39, 0.29) is 6.04 Å². The molecule has 0 radical (unpaired) electrons. The number of nitrogens with one attached hydrogen (secondary N) is 1. The molecule has 10 heteroatoms. The maximum absolute atomic E-state index is 12.7. The number of fused-ring (bicyclic) bond motifs is 1. The van der Waals surface area contributed by atoms with Crippen LogP contribution in [0.3, 0.4) is 0 Å². The van der Waals surface area contributed by atoms with Gasteiger partial charge in [0.25, 0.3) is 0 Å². The van der Waals surface area contributed by atoms with Crippen molar-refractivity contribution in [2.45, 2.75) is 32.0 Å². The predicted octanol–water partition coefficient (Wildman–Crippen LogP) is 5.38. The Labute approximate surface area is 185 Å². The van der Waals surface area contributed by atoms with Crippen LogP contribution in [0, 0.1) is 0 Å². The van der Waals surface area contributed by atoms with Gasteiger partial charge in [-0.3, -0.25) is 4.98 Å². The Bertz CT molecular complexity index is 1130. The Morgan fingerprint density at radius 2 is 1.87 bits per heavy atom. The molecule has 0 fully saturated rings. The smallest absolute Gasteiger partial charge is 0.360 e. The molecule has 0 unspecified atom stereocenters. The Morgan fingerprint density at radius 1 is 1.10 bits per heavy atom. The van der Waals surface area contributed by atoms with E-state index in [0.29, 0.717) is 13.0 Å². The van der Waals surface area contributed by atoms with Gasteiger partial charge in [0.05, 0.1) is 26.4 Å². The van der Waals surface area contributed by atoms with Crippen LogP contribution < -0.4 is 11.1 Å². The van der Waals surface area contributed by atoms with Gasteiger partial charge in [-0.1, -0.05) is 30.4 Å². The summed E-state index contributed by atoms with van der Waals surface area (Å²) < 4.78 is 39.1. The molecule has 162 valence electrons. The van der Waals surface area contributed by atoms with E-state index in [1.54, 1.807) is 17.5 Å². The molecule has 0 amide bonds. The number of hydrogen-bond acceptors (Lipinski definition) is 7. The highest BCUT2D eigenvalue weighted by Gasteiger charge is 2.30. The van der Waals surface area contributed by atoms with Crippen LogP contribution in [0.1, 0.15) is 23.7 Å². The first kappa shape index (κ1) is 21.7. The summed E-state index contributed by atoms with van der Waals surface area (Å²) in [7, 11) is 0. The molecule has 0 saturated heterocycles. The quantitative estimate of drug-likeness (QED) is 0.385. The standard InChI is InChI=1S/C21H20F3N5S2/c1-2-15-18(19-28-16-7-8-26-11-17(16)30-19)31-20(29-15)27-10-14(25)9-12-3-5-13(6-4-12)21(22,23)24/h3-8,11,14H,2,9-10,25H2,1H3,(H,27,29)/t14-/m0/s1. The van der Waals surface area contributed by atoms with Crippen LogP contribution in [0.2, 0.25) is 0 Å². The number of nitrogens with zero attached hydrogens (tertiary/aromatic N) is 3. The maximum Gasteiger partial charge on any atom is 0.416 e. The molecular formula is C21H20F3N5S2. The second kappa shape index (κ2) is 8.89. The summed E-state index contributed by atoms with van der Waals surface area (Å²) in [6.45, 7) is 2.51. The number of benzene rings is 1. The highest BCUT2D eigenvalue weighted by Crippen LogP contribution is 2.37. The number of hydrogen-bond donors (Lipinski definition) is 2. The number of anilines is 1. The fourth-order valence-electron chi connectivity index (χ4n) is 3.13. The molecular weight excluding hydrogens is 443 g/mol. The topological polar surface area (TPSA) is 76.7 Å². The first-order valence-corrected chi connectivity index (χ1v) is 11.3. The van der Waals surface area contributed by atoms with Crippen LogP contribution in [-0.2, 0) is 19.0 Å². The molecule has 5 nitrogen and oxygen atoms in total. The van der Waals surface area contributed by atoms with E-state index in [9.17, 15) is 13.2 Å². The average molecular weight is 464 g/mol. The monoisotopic (exact) mass is 463 g/mol. The lowest BCUT2D eigenvalue weighted by Crippen LogP contribution is -2.31. The molecule has 4 rings (SSSR count). The zero-order valence-electron chi connectivity index (χ0n) is 16.6. The van der Waals surface area contributed by atoms with Crippen LogP contribution in [-0.4, -0.2) is 27.5 Å². The fraction of sp³-hybridized carbons (Fsp3) is 0.286. The van der Waals surface area contributed by atoms with Gasteiger partial charge < -0.3 is 11.1 Å². The number of aryl methyl sites for hydroxylation is 1. The second-order valence-corrected chi connectivity index (χ2v) is 9.08. The number of rotatable bonds is 7. The lowest BCUT2D eigenvalue weighted by molar-refractivity contribution is -0.137. The molecule has 0 spiro atoms. The van der Waals surface area contributed by atoms with Crippen molar-refractivity contribution < 1.29 is 13.2 Å². The molecule has 4 aromatic rings. The molecule has 1 atom stereocenters. The number of halogens is 3. The molecule has 31 heavy (non-hydrogen) atoms. The van der Waals surface area contributed by atoms with Gasteiger partial charge in [-0.2, -0.15) is 13.2 Å². The van der Waals surface area contributed by atoms with Gasteiger partial charge >= 0.3 is 6.18 Å². The van der Waals surface area contributed by atoms with Crippen molar-refractivity contribution in [3.8, 4) is 9.88 Å². The van der Waals surface area contributed by atoms with E-state index >= 15 is 0 Å². The fourth-order valence-corrected chi connectivity index (χ4v) is 5.22. The number of nitrogens with two attached hydrogens (primary N) is 1. The second-order valence-electron chi connectivity index (χ2n) is 7.05. The van der Waals surface area contributed by atoms with E-state index in [1.807, 2.05) is 19.2 Å². The zero-order chi connectivity index (χ0) is 22.0. The van der Waals surface area contributed by atoms with Crippen LogP contribution in [0.15, 0.2) is 42.7 Å². The van der Waals surface area contributed by atoms with Gasteiger partial charge in [0.2, 0.25) is 0 Å². The molecule has 0 bridgehead atoms. The van der Waals surface area contributed by atoms with Crippen molar-refractivity contribution in [1.29, 1.82) is 0 Å². The van der Waals surface area contributed by atoms with Crippen LogP contribution >= 0.6 is 22.7 Å². The Balaban J connectivity index is 1.41. The lowest BCUT2D eigenvalue weighted by atomic mass is 10.0. The molecule has 0 saturated carbocycles. The summed E-state index contributed by atoms with van der Waals surface area (Å²) >= 11 is 3.12. The molecule has 0 aliphatic carbocycles.